The largest absolute Gasteiger partial charge is 0.332 e. The second-order valence-corrected chi connectivity index (χ2v) is 5.96. The lowest BCUT2D eigenvalue weighted by Gasteiger charge is -2.26. The normalized spacial score (nSPS) is 34.1. The van der Waals surface area contributed by atoms with E-state index in [1.807, 2.05) is 0 Å². The Morgan fingerprint density at radius 3 is 2.43 bits per heavy atom. The first kappa shape index (κ1) is 9.82. The van der Waals surface area contributed by atoms with Gasteiger partial charge in [-0.15, -0.1) is 0 Å². The molecular formula is C7H9F2NO3S. The van der Waals surface area contributed by atoms with E-state index in [4.69, 9.17) is 0 Å². The van der Waals surface area contributed by atoms with Gasteiger partial charge in [0.2, 0.25) is 0 Å². The molecule has 4 nitrogen and oxygen atoms in total. The van der Waals surface area contributed by atoms with Gasteiger partial charge in [0.05, 0.1) is 11.0 Å². The molecule has 7 heteroatoms. The minimum Gasteiger partial charge on any atom is -0.332 e. The molecule has 1 amide bonds. The van der Waals surface area contributed by atoms with E-state index in [9.17, 15) is 22.0 Å². The van der Waals surface area contributed by atoms with Crippen molar-refractivity contribution < 1.29 is 22.0 Å². The summed E-state index contributed by atoms with van der Waals surface area (Å²) in [4.78, 5) is 11.9. The number of hydrogen-bond acceptors (Lipinski definition) is 3. The highest BCUT2D eigenvalue weighted by atomic mass is 32.2. The molecule has 0 N–H and O–H groups in total. The fourth-order valence-electron chi connectivity index (χ4n) is 2.09. The third-order valence-corrected chi connectivity index (χ3v) is 4.99. The average Bonchev–Trinajstić information content (AvgIpc) is 2.57. The second-order valence-electron chi connectivity index (χ2n) is 3.63. The molecule has 2 aliphatic rings. The van der Waals surface area contributed by atoms with Crippen LogP contribution in [0.1, 0.15) is 6.42 Å². The summed E-state index contributed by atoms with van der Waals surface area (Å²) in [5.74, 6) is -1.40. The van der Waals surface area contributed by atoms with Gasteiger partial charge < -0.3 is 4.90 Å². The number of carbonyl (C=O) groups excluding carboxylic acids is 1. The molecule has 0 spiro atoms. The number of nitrogens with zero attached hydrogens (tertiary/aromatic N) is 1. The highest BCUT2D eigenvalue weighted by molar-refractivity contribution is 7.92. The fraction of sp³-hybridized carbons (Fsp3) is 0.857. The number of amides is 1. The van der Waals surface area contributed by atoms with Crippen LogP contribution in [0, 0.1) is 0 Å². The minimum atomic E-state index is -3.12. The molecule has 80 valence electrons. The number of hydrogen-bond donors (Lipinski definition) is 0. The Morgan fingerprint density at radius 2 is 2.07 bits per heavy atom. The predicted octanol–water partition coefficient (Wildman–Crippen LogP) is -0.351. The molecule has 14 heavy (non-hydrogen) atoms. The number of carbonyl (C=O) groups is 1. The summed E-state index contributed by atoms with van der Waals surface area (Å²) >= 11 is 0. The Balaban J connectivity index is 2.14. The van der Waals surface area contributed by atoms with Crippen molar-refractivity contribution in [2.24, 2.45) is 0 Å². The zero-order valence-corrected chi connectivity index (χ0v) is 8.01. The summed E-state index contributed by atoms with van der Waals surface area (Å²) in [6, 6.07) is -0.522. The van der Waals surface area contributed by atoms with Crippen molar-refractivity contribution in [1.29, 1.82) is 0 Å². The zero-order chi connectivity index (χ0) is 10.5. The van der Waals surface area contributed by atoms with Gasteiger partial charge in [-0.25, -0.2) is 8.42 Å². The summed E-state index contributed by atoms with van der Waals surface area (Å²) in [5.41, 5.74) is 0. The summed E-state index contributed by atoms with van der Waals surface area (Å²) in [7, 11) is -3.12. The van der Waals surface area contributed by atoms with Crippen LogP contribution >= 0.6 is 0 Å². The fourth-order valence-corrected chi connectivity index (χ4v) is 4.12. The van der Waals surface area contributed by atoms with E-state index in [0.29, 0.717) is 6.42 Å². The van der Waals surface area contributed by atoms with Gasteiger partial charge in [-0.2, -0.15) is 8.78 Å². The molecule has 0 aromatic heterocycles. The van der Waals surface area contributed by atoms with Gasteiger partial charge in [0, 0.05) is 12.6 Å². The van der Waals surface area contributed by atoms with E-state index in [-0.39, 0.29) is 12.3 Å². The Bertz CT molecular complexity index is 367. The molecule has 0 radical (unpaired) electrons. The molecule has 0 aromatic carbocycles. The number of sulfone groups is 1. The number of fused-ring (bicyclic) bond motifs is 2. The summed E-state index contributed by atoms with van der Waals surface area (Å²) in [6.45, 7) is -0.0594. The van der Waals surface area contributed by atoms with Crippen molar-refractivity contribution in [2.75, 3.05) is 12.3 Å². The number of halogens is 2. The van der Waals surface area contributed by atoms with Gasteiger partial charge in [0.1, 0.15) is 0 Å². The second kappa shape index (κ2) is 2.88. The summed E-state index contributed by atoms with van der Waals surface area (Å²) in [5, 5.41) is -0.616. The van der Waals surface area contributed by atoms with Crippen LogP contribution in [-0.2, 0) is 14.6 Å². The molecule has 0 aromatic rings. The van der Waals surface area contributed by atoms with Crippen LogP contribution in [0.4, 0.5) is 8.78 Å². The lowest BCUT2D eigenvalue weighted by atomic mass is 10.2. The molecule has 2 heterocycles. The van der Waals surface area contributed by atoms with Crippen molar-refractivity contribution >= 4 is 15.7 Å². The Labute approximate surface area is 79.8 Å². The predicted molar refractivity (Wildman–Crippen MR) is 43.7 cm³/mol. The van der Waals surface area contributed by atoms with Gasteiger partial charge in [-0.3, -0.25) is 4.79 Å². The van der Waals surface area contributed by atoms with Crippen LogP contribution in [-0.4, -0.2) is 49.2 Å². The Morgan fingerprint density at radius 1 is 1.43 bits per heavy atom. The lowest BCUT2D eigenvalue weighted by Crippen LogP contribution is -2.46. The van der Waals surface area contributed by atoms with E-state index in [0.717, 1.165) is 4.90 Å². The van der Waals surface area contributed by atoms with Gasteiger partial charge in [-0.1, -0.05) is 0 Å². The average molecular weight is 225 g/mol. The number of alkyl halides is 2. The van der Waals surface area contributed by atoms with Crippen molar-refractivity contribution in [1.82, 2.24) is 4.90 Å². The maximum Gasteiger partial charge on any atom is 0.315 e. The molecule has 2 atom stereocenters. The van der Waals surface area contributed by atoms with Crippen LogP contribution in [0.15, 0.2) is 0 Å². The highest BCUT2D eigenvalue weighted by Crippen LogP contribution is 2.33. The topological polar surface area (TPSA) is 54.5 Å². The SMILES string of the molecule is O=C(C(F)F)N1CC2CC1CS2(=O)=O. The molecular weight excluding hydrogens is 216 g/mol. The van der Waals surface area contributed by atoms with Crippen LogP contribution < -0.4 is 0 Å². The van der Waals surface area contributed by atoms with Crippen molar-refractivity contribution in [2.45, 2.75) is 24.1 Å². The maximum absolute atomic E-state index is 12.1. The molecule has 0 saturated carbocycles. The van der Waals surface area contributed by atoms with Crippen molar-refractivity contribution in [3.63, 3.8) is 0 Å². The smallest absolute Gasteiger partial charge is 0.315 e. The third-order valence-electron chi connectivity index (χ3n) is 2.78. The van der Waals surface area contributed by atoms with Crippen LogP contribution in [0.5, 0.6) is 0 Å². The minimum absolute atomic E-state index is 0.0594. The number of likely N-dealkylation sites (tertiary alicyclic amines) is 1. The summed E-state index contributed by atoms with van der Waals surface area (Å²) < 4.78 is 46.6. The van der Waals surface area contributed by atoms with Crippen LogP contribution in [0.25, 0.3) is 0 Å². The monoisotopic (exact) mass is 225 g/mol. The molecule has 2 saturated heterocycles. The van der Waals surface area contributed by atoms with Crippen LogP contribution in [0.2, 0.25) is 0 Å². The molecule has 2 rings (SSSR count). The van der Waals surface area contributed by atoms with E-state index in [1.54, 1.807) is 0 Å². The van der Waals surface area contributed by atoms with Crippen molar-refractivity contribution in [3.8, 4) is 0 Å². The van der Waals surface area contributed by atoms with Gasteiger partial charge in [0.15, 0.2) is 9.84 Å². The Hall–Kier alpha value is -0.720. The zero-order valence-electron chi connectivity index (χ0n) is 7.19. The van der Waals surface area contributed by atoms with E-state index < -0.39 is 33.5 Å². The van der Waals surface area contributed by atoms with E-state index in [2.05, 4.69) is 0 Å². The molecule has 2 bridgehead atoms. The highest BCUT2D eigenvalue weighted by Gasteiger charge is 2.51. The molecule has 0 aliphatic carbocycles. The number of rotatable bonds is 1. The summed E-state index contributed by atoms with van der Waals surface area (Å²) in [6.07, 6.45) is -2.71. The lowest BCUT2D eigenvalue weighted by molar-refractivity contribution is -0.143. The van der Waals surface area contributed by atoms with Crippen LogP contribution in [0.3, 0.4) is 0 Å². The van der Waals surface area contributed by atoms with Gasteiger partial charge in [0.25, 0.3) is 5.91 Å². The Kier molecular flexibility index (Phi) is 2.02. The third kappa shape index (κ3) is 1.30. The van der Waals surface area contributed by atoms with E-state index >= 15 is 0 Å². The van der Waals surface area contributed by atoms with E-state index in [1.165, 1.54) is 0 Å². The maximum atomic E-state index is 12.1. The van der Waals surface area contributed by atoms with Gasteiger partial charge >= 0.3 is 6.43 Å². The van der Waals surface area contributed by atoms with Gasteiger partial charge in [-0.05, 0) is 6.42 Å². The first-order chi connectivity index (χ1) is 6.42. The molecule has 2 fully saturated rings. The first-order valence-electron chi connectivity index (χ1n) is 4.22. The quantitative estimate of drug-likeness (QED) is 0.613. The van der Waals surface area contributed by atoms with Crippen molar-refractivity contribution in [3.05, 3.63) is 0 Å². The molecule has 2 unspecified atom stereocenters. The standard InChI is InChI=1S/C7H9F2NO3S/c8-6(9)7(11)10-2-5-1-4(10)3-14(5,12)13/h4-6H,1-3H2. The first-order valence-corrected chi connectivity index (χ1v) is 5.93. The molecule has 2 aliphatic heterocycles.